The van der Waals surface area contributed by atoms with Gasteiger partial charge < -0.3 is 10.6 Å². The molecule has 2 aliphatic rings. The molecule has 2 aromatic carbocycles. The number of nitrogens with one attached hydrogen (secondary N) is 2. The number of hydrogen-bond donors (Lipinski definition) is 2. The Morgan fingerprint density at radius 2 is 1.68 bits per heavy atom. The van der Waals surface area contributed by atoms with E-state index in [1.165, 1.54) is 0 Å². The van der Waals surface area contributed by atoms with Crippen LogP contribution in [-0.2, 0) is 14.4 Å². The first-order valence-electron chi connectivity index (χ1n) is 9.18. The summed E-state index contributed by atoms with van der Waals surface area (Å²) in [5.74, 6) is -1.44. The lowest BCUT2D eigenvalue weighted by Gasteiger charge is -2.33. The first-order chi connectivity index (χ1) is 13.5. The average Bonchev–Trinajstić information content (AvgIpc) is 2.69. The van der Waals surface area contributed by atoms with Crippen LogP contribution in [0.25, 0.3) is 0 Å². The molecule has 1 aliphatic carbocycles. The molecule has 1 heterocycles. The number of anilines is 1. The summed E-state index contributed by atoms with van der Waals surface area (Å²) in [7, 11) is 0. The highest BCUT2D eigenvalue weighted by Gasteiger charge is 2.40. The van der Waals surface area contributed by atoms with Crippen LogP contribution in [0.4, 0.5) is 5.69 Å². The Balaban J connectivity index is 1.60. The van der Waals surface area contributed by atoms with Crippen molar-refractivity contribution in [2.45, 2.75) is 25.2 Å². The van der Waals surface area contributed by atoms with Gasteiger partial charge in [0.1, 0.15) is 0 Å². The van der Waals surface area contributed by atoms with Crippen LogP contribution in [0.5, 0.6) is 0 Å². The molecule has 0 saturated carbocycles. The standard InChI is InChI=1S/C22H19ClN2O3/c23-15-6-8-16(9-7-15)24-22(28)17-12-20(27)25-18-10-14(11-19(26)21(17)18)13-4-2-1-3-5-13/h1-9,14,17H,10-12H2,(H,24,28)(H,25,27). The zero-order valence-electron chi connectivity index (χ0n) is 15.1. The van der Waals surface area contributed by atoms with Gasteiger partial charge in [0.25, 0.3) is 0 Å². The molecule has 0 aromatic heterocycles. The summed E-state index contributed by atoms with van der Waals surface area (Å²) in [5.41, 5.74) is 2.66. The lowest BCUT2D eigenvalue weighted by molar-refractivity contribution is -0.129. The van der Waals surface area contributed by atoms with Gasteiger partial charge in [-0.15, -0.1) is 0 Å². The van der Waals surface area contributed by atoms with E-state index in [1.807, 2.05) is 30.3 Å². The summed E-state index contributed by atoms with van der Waals surface area (Å²) in [4.78, 5) is 38.0. The zero-order chi connectivity index (χ0) is 19.7. The predicted octanol–water partition coefficient (Wildman–Crippen LogP) is 3.82. The van der Waals surface area contributed by atoms with Crippen LogP contribution in [0.2, 0.25) is 5.02 Å². The fourth-order valence-corrected chi connectivity index (χ4v) is 4.03. The molecule has 5 nitrogen and oxygen atoms in total. The van der Waals surface area contributed by atoms with Gasteiger partial charge in [0, 0.05) is 34.8 Å². The summed E-state index contributed by atoms with van der Waals surface area (Å²) in [6, 6.07) is 16.5. The number of halogens is 1. The van der Waals surface area contributed by atoms with E-state index in [0.29, 0.717) is 34.8 Å². The molecule has 2 unspecified atom stereocenters. The van der Waals surface area contributed by atoms with Crippen molar-refractivity contribution in [2.75, 3.05) is 5.32 Å². The van der Waals surface area contributed by atoms with E-state index >= 15 is 0 Å². The van der Waals surface area contributed by atoms with Crippen LogP contribution in [-0.4, -0.2) is 17.6 Å². The Bertz CT molecular complexity index is 967. The Kier molecular flexibility index (Phi) is 5.01. The Labute approximate surface area is 167 Å². The molecule has 0 spiro atoms. The van der Waals surface area contributed by atoms with Crippen molar-refractivity contribution < 1.29 is 14.4 Å². The molecule has 6 heteroatoms. The van der Waals surface area contributed by atoms with E-state index in [4.69, 9.17) is 11.6 Å². The monoisotopic (exact) mass is 394 g/mol. The largest absolute Gasteiger partial charge is 0.329 e. The summed E-state index contributed by atoms with van der Waals surface area (Å²) in [6.45, 7) is 0. The molecular formula is C22H19ClN2O3. The third-order valence-corrected chi connectivity index (χ3v) is 5.49. The molecule has 2 N–H and O–H groups in total. The second-order valence-electron chi connectivity index (χ2n) is 7.13. The minimum absolute atomic E-state index is 0.00539. The average molecular weight is 395 g/mol. The van der Waals surface area contributed by atoms with E-state index in [0.717, 1.165) is 5.56 Å². The topological polar surface area (TPSA) is 75.3 Å². The molecule has 2 amide bonds. The van der Waals surface area contributed by atoms with E-state index in [1.54, 1.807) is 24.3 Å². The number of carbonyl (C=O) groups is 3. The second-order valence-corrected chi connectivity index (χ2v) is 7.57. The zero-order valence-corrected chi connectivity index (χ0v) is 15.8. The van der Waals surface area contributed by atoms with Crippen LogP contribution in [0.3, 0.4) is 0 Å². The van der Waals surface area contributed by atoms with Crippen molar-refractivity contribution in [3.8, 4) is 0 Å². The van der Waals surface area contributed by atoms with Crippen LogP contribution in [0.15, 0.2) is 65.9 Å². The van der Waals surface area contributed by atoms with Gasteiger partial charge in [0.2, 0.25) is 11.8 Å². The first kappa shape index (κ1) is 18.4. The number of ketones is 1. The predicted molar refractivity (Wildman–Crippen MR) is 107 cm³/mol. The van der Waals surface area contributed by atoms with Gasteiger partial charge in [0.15, 0.2) is 5.78 Å². The fourth-order valence-electron chi connectivity index (χ4n) is 3.91. The summed E-state index contributed by atoms with van der Waals surface area (Å²) in [6.07, 6.45) is 0.852. The number of hydrogen-bond acceptors (Lipinski definition) is 3. The quantitative estimate of drug-likeness (QED) is 0.831. The van der Waals surface area contributed by atoms with Gasteiger partial charge in [-0.1, -0.05) is 41.9 Å². The van der Waals surface area contributed by atoms with Crippen molar-refractivity contribution in [3.05, 3.63) is 76.5 Å². The minimum atomic E-state index is -0.774. The van der Waals surface area contributed by atoms with Crippen LogP contribution in [0, 0.1) is 5.92 Å². The number of amides is 2. The highest BCUT2D eigenvalue weighted by Crippen LogP contribution is 2.39. The minimum Gasteiger partial charge on any atom is -0.329 e. The van der Waals surface area contributed by atoms with Crippen molar-refractivity contribution in [1.29, 1.82) is 0 Å². The molecule has 0 radical (unpaired) electrons. The lowest BCUT2D eigenvalue weighted by Crippen LogP contribution is -2.43. The number of carbonyl (C=O) groups excluding carboxylic acids is 3. The summed E-state index contributed by atoms with van der Waals surface area (Å²) in [5, 5.41) is 6.18. The number of rotatable bonds is 3. The molecule has 2 aromatic rings. The van der Waals surface area contributed by atoms with E-state index in [-0.39, 0.29) is 29.9 Å². The fraction of sp³-hybridized carbons (Fsp3) is 0.227. The summed E-state index contributed by atoms with van der Waals surface area (Å²) >= 11 is 5.87. The van der Waals surface area contributed by atoms with Gasteiger partial charge >= 0.3 is 0 Å². The van der Waals surface area contributed by atoms with Crippen LogP contribution >= 0.6 is 11.6 Å². The maximum Gasteiger partial charge on any atom is 0.232 e. The molecular weight excluding hydrogens is 376 g/mol. The molecule has 4 rings (SSSR count). The first-order valence-corrected chi connectivity index (χ1v) is 9.56. The molecule has 1 aliphatic heterocycles. The lowest BCUT2D eigenvalue weighted by atomic mass is 9.75. The van der Waals surface area contributed by atoms with Gasteiger partial charge in [-0.3, -0.25) is 14.4 Å². The molecule has 28 heavy (non-hydrogen) atoms. The third-order valence-electron chi connectivity index (χ3n) is 5.24. The summed E-state index contributed by atoms with van der Waals surface area (Å²) < 4.78 is 0. The van der Waals surface area contributed by atoms with Crippen molar-refractivity contribution in [3.63, 3.8) is 0 Å². The van der Waals surface area contributed by atoms with E-state index in [9.17, 15) is 14.4 Å². The normalized spacial score (nSPS) is 21.8. The van der Waals surface area contributed by atoms with Crippen LogP contribution in [0.1, 0.15) is 30.7 Å². The van der Waals surface area contributed by atoms with Gasteiger partial charge in [-0.25, -0.2) is 0 Å². The highest BCUT2D eigenvalue weighted by molar-refractivity contribution is 6.30. The Morgan fingerprint density at radius 1 is 0.964 bits per heavy atom. The third kappa shape index (κ3) is 3.71. The second kappa shape index (κ2) is 7.60. The smallest absolute Gasteiger partial charge is 0.232 e. The number of benzene rings is 2. The molecule has 142 valence electrons. The van der Waals surface area contributed by atoms with Crippen molar-refractivity contribution in [1.82, 2.24) is 5.32 Å². The molecule has 2 atom stereocenters. The SMILES string of the molecule is O=C1CC(C(=O)Nc2ccc(Cl)cc2)C2=C(CC(c3ccccc3)CC2=O)N1. The van der Waals surface area contributed by atoms with E-state index in [2.05, 4.69) is 10.6 Å². The van der Waals surface area contributed by atoms with Gasteiger partial charge in [0.05, 0.1) is 5.92 Å². The van der Waals surface area contributed by atoms with Crippen LogP contribution < -0.4 is 10.6 Å². The molecule has 0 bridgehead atoms. The highest BCUT2D eigenvalue weighted by atomic mass is 35.5. The molecule has 0 saturated heterocycles. The van der Waals surface area contributed by atoms with Crippen molar-refractivity contribution in [2.24, 2.45) is 5.92 Å². The number of allylic oxidation sites excluding steroid dienone is 1. The van der Waals surface area contributed by atoms with Crippen molar-refractivity contribution >= 4 is 34.9 Å². The van der Waals surface area contributed by atoms with E-state index < -0.39 is 5.92 Å². The van der Waals surface area contributed by atoms with Gasteiger partial charge in [-0.2, -0.15) is 0 Å². The Hall–Kier alpha value is -2.92. The number of Topliss-reactive ketones (excluding diaryl/α,β-unsaturated/α-hetero) is 1. The molecule has 0 fully saturated rings. The maximum atomic E-state index is 12.9. The van der Waals surface area contributed by atoms with Gasteiger partial charge in [-0.05, 0) is 42.2 Å². The Morgan fingerprint density at radius 3 is 2.39 bits per heavy atom. The maximum absolute atomic E-state index is 12.9.